The maximum atomic E-state index is 11.4. The molecule has 118 valence electrons. The fourth-order valence-corrected chi connectivity index (χ4v) is 2.62. The fourth-order valence-electron chi connectivity index (χ4n) is 2.24. The number of hydrogen-bond donors (Lipinski definition) is 1. The Labute approximate surface area is 142 Å². The molecule has 23 heavy (non-hydrogen) atoms. The lowest BCUT2D eigenvalue weighted by atomic mass is 10.1. The highest BCUT2D eigenvalue weighted by atomic mass is 79.9. The van der Waals surface area contributed by atoms with Crippen molar-refractivity contribution in [3.8, 4) is 11.5 Å². The first-order chi connectivity index (χ1) is 11.0. The van der Waals surface area contributed by atoms with Crippen molar-refractivity contribution in [2.24, 2.45) is 7.05 Å². The van der Waals surface area contributed by atoms with E-state index in [0.717, 1.165) is 27.1 Å². The van der Waals surface area contributed by atoms with Gasteiger partial charge in [-0.2, -0.15) is 5.10 Å². The van der Waals surface area contributed by atoms with Crippen LogP contribution in [0.1, 0.15) is 17.0 Å². The van der Waals surface area contributed by atoms with Crippen LogP contribution in [0.5, 0.6) is 11.5 Å². The Hall–Kier alpha value is -2.34. The van der Waals surface area contributed by atoms with Crippen LogP contribution in [-0.4, -0.2) is 14.8 Å². The molecule has 0 atom stereocenters. The van der Waals surface area contributed by atoms with Crippen LogP contribution in [0.2, 0.25) is 0 Å². The molecule has 0 fully saturated rings. The van der Waals surface area contributed by atoms with Gasteiger partial charge in [-0.05, 0) is 42.3 Å². The monoisotopic (exact) mass is 373 g/mol. The van der Waals surface area contributed by atoms with E-state index in [9.17, 15) is 4.79 Å². The maximum absolute atomic E-state index is 11.4. The molecule has 0 spiro atoms. The molecule has 0 aliphatic rings. The number of H-pyrrole nitrogens is 1. The second kappa shape index (κ2) is 6.42. The Kier molecular flexibility index (Phi) is 4.34. The maximum Gasteiger partial charge on any atom is 0.343 e. The molecular weight excluding hydrogens is 358 g/mol. The van der Waals surface area contributed by atoms with E-state index in [1.807, 2.05) is 49.4 Å². The average Bonchev–Trinajstić information content (AvgIpc) is 2.83. The van der Waals surface area contributed by atoms with Crippen LogP contribution in [0, 0.1) is 6.92 Å². The smallest absolute Gasteiger partial charge is 0.343 e. The molecule has 3 aromatic rings. The van der Waals surface area contributed by atoms with Crippen LogP contribution in [-0.2, 0) is 13.5 Å². The van der Waals surface area contributed by atoms with E-state index < -0.39 is 0 Å². The molecule has 0 radical (unpaired) electrons. The molecule has 6 heteroatoms. The first kappa shape index (κ1) is 15.6. The number of benzene rings is 2. The summed E-state index contributed by atoms with van der Waals surface area (Å²) in [7, 11) is 1.70. The molecule has 0 saturated carbocycles. The summed E-state index contributed by atoms with van der Waals surface area (Å²) in [5.41, 5.74) is 1.87. The van der Waals surface area contributed by atoms with Crippen molar-refractivity contribution in [3.05, 3.63) is 74.4 Å². The Morgan fingerprint density at radius 1 is 1.26 bits per heavy atom. The quantitative estimate of drug-likeness (QED) is 0.760. The predicted octanol–water partition coefficient (Wildman–Crippen LogP) is 3.56. The highest BCUT2D eigenvalue weighted by Crippen LogP contribution is 2.28. The number of hydrogen-bond acceptors (Lipinski definition) is 3. The third-order valence-electron chi connectivity index (χ3n) is 3.61. The fraction of sp³-hybridized carbons (Fsp3) is 0.176. The first-order valence-electron chi connectivity index (χ1n) is 7.16. The van der Waals surface area contributed by atoms with E-state index in [1.165, 1.54) is 4.57 Å². The van der Waals surface area contributed by atoms with Gasteiger partial charge in [0.25, 0.3) is 0 Å². The number of ether oxygens (including phenoxy) is 1. The minimum absolute atomic E-state index is 0.210. The van der Waals surface area contributed by atoms with Crippen molar-refractivity contribution in [3.63, 3.8) is 0 Å². The number of nitrogens with one attached hydrogen (secondary N) is 1. The number of halogens is 1. The summed E-state index contributed by atoms with van der Waals surface area (Å²) in [5.74, 6) is 2.25. The van der Waals surface area contributed by atoms with Gasteiger partial charge in [-0.3, -0.25) is 4.57 Å². The molecule has 0 saturated heterocycles. The van der Waals surface area contributed by atoms with Gasteiger partial charge in [0, 0.05) is 17.9 Å². The summed E-state index contributed by atoms with van der Waals surface area (Å²) < 4.78 is 8.45. The summed E-state index contributed by atoms with van der Waals surface area (Å²) >= 11 is 3.44. The third kappa shape index (κ3) is 3.53. The predicted molar refractivity (Wildman–Crippen MR) is 92.0 cm³/mol. The van der Waals surface area contributed by atoms with Crippen LogP contribution in [0.25, 0.3) is 0 Å². The molecule has 0 aliphatic carbocycles. The number of rotatable bonds is 4. The summed E-state index contributed by atoms with van der Waals surface area (Å²) in [6.45, 7) is 2.00. The van der Waals surface area contributed by atoms with Crippen molar-refractivity contribution in [1.29, 1.82) is 0 Å². The lowest BCUT2D eigenvalue weighted by Gasteiger charge is -2.11. The molecule has 5 nitrogen and oxygen atoms in total. The Balaban J connectivity index is 1.87. The van der Waals surface area contributed by atoms with Crippen LogP contribution < -0.4 is 10.4 Å². The number of aromatic nitrogens is 3. The van der Waals surface area contributed by atoms with Crippen molar-refractivity contribution in [1.82, 2.24) is 14.8 Å². The van der Waals surface area contributed by atoms with Gasteiger partial charge in [-0.15, -0.1) is 0 Å². The Morgan fingerprint density at radius 3 is 2.78 bits per heavy atom. The van der Waals surface area contributed by atoms with E-state index in [1.54, 1.807) is 7.05 Å². The molecule has 2 aromatic carbocycles. The number of aryl methyl sites for hydroxylation is 1. The first-order valence-corrected chi connectivity index (χ1v) is 7.95. The number of aromatic amines is 1. The Morgan fingerprint density at radius 2 is 2.09 bits per heavy atom. The number of nitrogens with zero attached hydrogens (tertiary/aromatic N) is 2. The van der Waals surface area contributed by atoms with E-state index >= 15 is 0 Å². The minimum atomic E-state index is -0.210. The average molecular weight is 374 g/mol. The molecule has 1 aromatic heterocycles. The summed E-state index contributed by atoms with van der Waals surface area (Å²) in [5, 5.41) is 6.49. The molecule has 0 bridgehead atoms. The van der Waals surface area contributed by atoms with E-state index in [-0.39, 0.29) is 5.69 Å². The van der Waals surface area contributed by atoms with Gasteiger partial charge in [0.2, 0.25) is 0 Å². The van der Waals surface area contributed by atoms with Crippen LogP contribution >= 0.6 is 15.9 Å². The summed E-state index contributed by atoms with van der Waals surface area (Å²) in [4.78, 5) is 11.4. The highest BCUT2D eigenvalue weighted by molar-refractivity contribution is 9.10. The second-order valence-electron chi connectivity index (χ2n) is 5.34. The summed E-state index contributed by atoms with van der Waals surface area (Å²) in [6.07, 6.45) is 0.560. The van der Waals surface area contributed by atoms with E-state index in [2.05, 4.69) is 26.1 Å². The van der Waals surface area contributed by atoms with Gasteiger partial charge in [0.1, 0.15) is 17.3 Å². The standard InChI is InChI=1S/C17H16BrN3O2/c1-11-6-7-12(9-16-19-20-17(22)21(16)2)8-15(11)23-14-5-3-4-13(18)10-14/h3-8,10H,9H2,1-2H3,(H,20,22). The Bertz CT molecular complexity index is 899. The lowest BCUT2D eigenvalue weighted by Crippen LogP contribution is -2.14. The van der Waals surface area contributed by atoms with Gasteiger partial charge in [-0.25, -0.2) is 9.89 Å². The highest BCUT2D eigenvalue weighted by Gasteiger charge is 2.08. The van der Waals surface area contributed by atoms with Crippen molar-refractivity contribution >= 4 is 15.9 Å². The normalized spacial score (nSPS) is 10.7. The molecule has 0 amide bonds. The SMILES string of the molecule is Cc1ccc(Cc2n[nH]c(=O)n2C)cc1Oc1cccc(Br)c1. The van der Waals surface area contributed by atoms with Crippen LogP contribution in [0.3, 0.4) is 0 Å². The molecule has 1 N–H and O–H groups in total. The molecule has 1 heterocycles. The third-order valence-corrected chi connectivity index (χ3v) is 4.10. The summed E-state index contributed by atoms with van der Waals surface area (Å²) in [6, 6.07) is 13.7. The minimum Gasteiger partial charge on any atom is -0.457 e. The van der Waals surface area contributed by atoms with Gasteiger partial charge < -0.3 is 4.74 Å². The van der Waals surface area contributed by atoms with Crippen molar-refractivity contribution < 1.29 is 4.74 Å². The lowest BCUT2D eigenvalue weighted by molar-refractivity contribution is 0.478. The largest absolute Gasteiger partial charge is 0.457 e. The van der Waals surface area contributed by atoms with Gasteiger partial charge in [0.15, 0.2) is 0 Å². The van der Waals surface area contributed by atoms with Crippen LogP contribution in [0.4, 0.5) is 0 Å². The molecule has 3 rings (SSSR count). The van der Waals surface area contributed by atoms with E-state index in [0.29, 0.717) is 12.2 Å². The van der Waals surface area contributed by atoms with Gasteiger partial charge in [-0.1, -0.05) is 34.1 Å². The molecule has 0 unspecified atom stereocenters. The zero-order chi connectivity index (χ0) is 16.4. The molecule has 0 aliphatic heterocycles. The topological polar surface area (TPSA) is 59.9 Å². The van der Waals surface area contributed by atoms with Crippen LogP contribution in [0.15, 0.2) is 51.7 Å². The molecular formula is C17H16BrN3O2. The van der Waals surface area contributed by atoms with E-state index in [4.69, 9.17) is 4.74 Å². The van der Waals surface area contributed by atoms with Gasteiger partial charge in [0.05, 0.1) is 0 Å². The zero-order valence-electron chi connectivity index (χ0n) is 12.8. The second-order valence-corrected chi connectivity index (χ2v) is 6.26. The van der Waals surface area contributed by atoms with Crippen molar-refractivity contribution in [2.45, 2.75) is 13.3 Å². The zero-order valence-corrected chi connectivity index (χ0v) is 14.4. The van der Waals surface area contributed by atoms with Gasteiger partial charge >= 0.3 is 5.69 Å². The van der Waals surface area contributed by atoms with Crippen molar-refractivity contribution in [2.75, 3.05) is 0 Å².